The summed E-state index contributed by atoms with van der Waals surface area (Å²) < 4.78 is 0. The molecule has 0 atom stereocenters. The maximum Gasteiger partial charge on any atom is 0.0400 e. The predicted molar refractivity (Wildman–Crippen MR) is 284 cm³/mol. The lowest BCUT2D eigenvalue weighted by atomic mass is 8.85. The van der Waals surface area contributed by atoms with Crippen LogP contribution in [0.4, 0.5) is 0 Å². The minimum Gasteiger partial charge on any atom is -0.400 e. The highest BCUT2D eigenvalue weighted by atomic mass is 16.8. The Morgan fingerprint density at radius 1 is 0.214 bits per heavy atom. The molecule has 428 valence electrons. The van der Waals surface area contributed by atoms with E-state index < -0.39 is 0 Å². The zero-order valence-corrected chi connectivity index (χ0v) is 51.6. The van der Waals surface area contributed by atoms with Crippen molar-refractivity contribution in [3.8, 4) is 0 Å². The molecule has 8 rings (SSSR count). The first kappa shape index (κ1) is 75.8. The van der Waals surface area contributed by atoms with Crippen LogP contribution >= 0.6 is 0 Å². The Hall–Kier alpha value is -0.720. The number of rotatable bonds is 0. The largest absolute Gasteiger partial charge is 0.400 e. The van der Waals surface area contributed by atoms with E-state index in [9.17, 15) is 0 Å². The summed E-state index contributed by atoms with van der Waals surface area (Å²) in [7, 11) is 11.3. The highest BCUT2D eigenvalue weighted by Gasteiger charge is 3.17. The molecule has 8 saturated carbocycles. The second-order valence-corrected chi connectivity index (χ2v) is 25.8. The Morgan fingerprint density at radius 3 is 0.300 bits per heavy atom. The molecule has 18 N–H and O–H groups in total. The van der Waals surface area contributed by atoms with Crippen LogP contribution in [0.15, 0.2) is 0 Å². The lowest BCUT2D eigenvalue weighted by Gasteiger charge is -3.18. The first-order chi connectivity index (χ1) is 30.9. The quantitative estimate of drug-likeness (QED) is 0.0888. The molecule has 70 heavy (non-hydrogen) atoms. The van der Waals surface area contributed by atoms with Crippen molar-refractivity contribution >= 4 is 0 Å². The maximum atomic E-state index is 7.44. The number of hydrogen-bond acceptors (Lipinski definition) is 18. The molecule has 0 saturated heterocycles. The van der Waals surface area contributed by atoms with E-state index >= 15 is 0 Å². The molecule has 0 amide bonds. The summed E-state index contributed by atoms with van der Waals surface area (Å²) in [6.45, 7) is 62.3. The lowest BCUT2D eigenvalue weighted by Crippen LogP contribution is -3.15. The summed E-state index contributed by atoms with van der Waals surface area (Å²) >= 11 is 0. The van der Waals surface area contributed by atoms with E-state index in [1.807, 2.05) is 0 Å². The summed E-state index contributed by atoms with van der Waals surface area (Å²) in [5, 5.41) is 73.8. The first-order valence-corrected chi connectivity index (χ1v) is 24.3. The van der Waals surface area contributed by atoms with Crippen LogP contribution in [0.25, 0.3) is 0 Å². The zero-order chi connectivity index (χ0) is 59.3. The molecule has 8 aliphatic rings. The van der Waals surface area contributed by atoms with Gasteiger partial charge >= 0.3 is 0 Å². The van der Waals surface area contributed by atoms with Gasteiger partial charge in [-0.1, -0.05) is 177 Å². The van der Waals surface area contributed by atoms with Crippen molar-refractivity contribution < 1.29 is 51.5 Å². The summed E-state index contributed by atoms with van der Waals surface area (Å²) in [6.07, 6.45) is 0. The molecule has 18 heteroatoms. The zero-order valence-electron chi connectivity index (χ0n) is 51.6. The molecular formula is C52H120N8O10. The number of nitrogens with zero attached hydrogens (tertiary/aromatic N) is 4. The molecule has 0 unspecified atom stereocenters. The Bertz CT molecular complexity index is 1260. The van der Waals surface area contributed by atoms with Crippen LogP contribution in [0.2, 0.25) is 0 Å². The van der Waals surface area contributed by atoms with E-state index in [1.54, 1.807) is 14.1 Å². The van der Waals surface area contributed by atoms with Crippen molar-refractivity contribution in [2.75, 3.05) is 70.8 Å². The molecule has 0 heterocycles. The highest BCUT2D eigenvalue weighted by Crippen LogP contribution is 3.20. The minimum absolute atomic E-state index is 0. The van der Waals surface area contributed by atoms with Crippen molar-refractivity contribution in [2.45, 2.75) is 166 Å². The van der Waals surface area contributed by atoms with E-state index in [0.29, 0.717) is 97.5 Å². The number of hydrogen-bond donors (Lipinski definition) is 14. The minimum atomic E-state index is 0. The molecule has 0 aliphatic heterocycles. The molecule has 0 bridgehead atoms. The van der Waals surface area contributed by atoms with Crippen molar-refractivity contribution in [1.29, 1.82) is 0 Å². The molecule has 0 aromatic carbocycles. The van der Waals surface area contributed by atoms with Gasteiger partial charge in [0.25, 0.3) is 0 Å². The van der Waals surface area contributed by atoms with Crippen LogP contribution in [-0.2, 0) is 0 Å². The standard InChI is InChI=1S/2C21H36.2CH7N3.2CH5NO2.6CH4O/c2*1-13(2)17(9)14(3,4)19(11)16(7,8)20(12)15(5,6)18(13,10)21(17,19)20;2*1-4(2)3;2*1-2(3)4;6*1-2/h2*1-12H3;2*2-3H2,1H3;2*3-4H,1H3;6*2H,1H3. The van der Waals surface area contributed by atoms with Gasteiger partial charge in [-0.15, -0.1) is 0 Å². The van der Waals surface area contributed by atoms with Crippen LogP contribution in [-0.4, -0.2) is 143 Å². The van der Waals surface area contributed by atoms with Gasteiger partial charge in [0.2, 0.25) is 0 Å². The van der Waals surface area contributed by atoms with E-state index in [1.165, 1.54) is 0 Å². The second-order valence-electron chi connectivity index (χ2n) is 25.8. The number of aliphatic hydroxyl groups is 6. The number of nitrogens with two attached hydrogens (primary N) is 4. The van der Waals surface area contributed by atoms with Crippen LogP contribution in [0.1, 0.15) is 166 Å². The Balaban J connectivity index is -0.000000412. The smallest absolute Gasteiger partial charge is 0.0400 e. The highest BCUT2D eigenvalue weighted by molar-refractivity contribution is 5.63. The fraction of sp³-hybridized carbons (Fsp3) is 1.00. The number of aliphatic hydroxyl groups excluding tert-OH is 6. The molecule has 18 nitrogen and oxygen atoms in total. The monoisotopic (exact) mass is 1020 g/mol. The fourth-order valence-corrected chi connectivity index (χ4v) is 23.2. The molecule has 0 aromatic heterocycles. The van der Waals surface area contributed by atoms with Crippen molar-refractivity contribution in [1.82, 2.24) is 20.7 Å². The SMILES string of the molecule is CC1(C)C2(C)C(C)(C)C3(C)C(C)(C)C4(C)C(C)(C)C1(C)C234.CC1(C)C2(C)C(C)(C)C3(C)C(C)(C)C4(C)C(C)(C)C1(C)C234.CN(N)N.CN(N)N.CN(O)O.CN(O)O.CO.CO.CO.CO.CO.CO. The van der Waals surface area contributed by atoms with Crippen molar-refractivity contribution in [2.24, 2.45) is 121 Å². The average Bonchev–Trinajstić information content (AvgIpc) is 3.25. The fourth-order valence-electron chi connectivity index (χ4n) is 23.2. The van der Waals surface area contributed by atoms with E-state index in [0.717, 1.165) is 67.0 Å². The third-order valence-electron chi connectivity index (χ3n) is 26.0. The van der Waals surface area contributed by atoms with Gasteiger partial charge in [0.15, 0.2) is 0 Å². The summed E-state index contributed by atoms with van der Waals surface area (Å²) in [6, 6.07) is 0. The normalized spacial score (nSPS) is 42.0. The van der Waals surface area contributed by atoms with Gasteiger partial charge in [-0.3, -0.25) is 44.2 Å². The molecular weight excluding hydrogens is 897 g/mol. The lowest BCUT2D eigenvalue weighted by molar-refractivity contribution is -0.720. The van der Waals surface area contributed by atoms with Crippen LogP contribution in [0.5, 0.6) is 0 Å². The van der Waals surface area contributed by atoms with E-state index in [2.05, 4.69) is 166 Å². The molecule has 2 spiro atoms. The predicted octanol–water partition coefficient (Wildman–Crippen LogP) is 6.69. The van der Waals surface area contributed by atoms with Crippen LogP contribution in [0, 0.1) is 97.5 Å². The number of hydroxylamine groups is 4. The van der Waals surface area contributed by atoms with Crippen LogP contribution < -0.4 is 23.4 Å². The van der Waals surface area contributed by atoms with Gasteiger partial charge in [-0.2, -0.15) is 10.2 Å². The third kappa shape index (κ3) is 6.38. The molecule has 8 fully saturated rings. The third-order valence-corrected chi connectivity index (χ3v) is 26.0. The summed E-state index contributed by atoms with van der Waals surface area (Å²) in [5.74, 6) is 18.9. The van der Waals surface area contributed by atoms with Gasteiger partial charge in [0.05, 0.1) is 0 Å². The Kier molecular flexibility index (Phi) is 23.5. The number of hydrazine groups is 4. The topological polar surface area (TPSA) is 319 Å². The summed E-state index contributed by atoms with van der Waals surface area (Å²) in [5.41, 5.74) is 8.18. The van der Waals surface area contributed by atoms with E-state index in [-0.39, 0.29) is 10.5 Å². The average molecular weight is 1020 g/mol. The second kappa shape index (κ2) is 21.7. The van der Waals surface area contributed by atoms with Crippen LogP contribution in [0.3, 0.4) is 0 Å². The molecule has 0 radical (unpaired) electrons. The van der Waals surface area contributed by atoms with Gasteiger partial charge in [-0.25, -0.2) is 0 Å². The van der Waals surface area contributed by atoms with Crippen molar-refractivity contribution in [3.05, 3.63) is 0 Å². The Morgan fingerprint density at radius 2 is 0.257 bits per heavy atom. The van der Waals surface area contributed by atoms with E-state index in [4.69, 9.17) is 74.8 Å². The first-order valence-electron chi connectivity index (χ1n) is 24.3. The Labute approximate surface area is 428 Å². The maximum absolute atomic E-state index is 7.44. The van der Waals surface area contributed by atoms with Crippen molar-refractivity contribution in [3.63, 3.8) is 0 Å². The molecule has 8 aliphatic carbocycles. The van der Waals surface area contributed by atoms with Gasteiger partial charge in [0, 0.05) is 70.8 Å². The van der Waals surface area contributed by atoms with Gasteiger partial charge in [-0.05, 0) is 97.5 Å². The van der Waals surface area contributed by atoms with Gasteiger partial charge in [0.1, 0.15) is 0 Å². The summed E-state index contributed by atoms with van der Waals surface area (Å²) in [4.78, 5) is 0. The molecule has 0 aromatic rings. The van der Waals surface area contributed by atoms with Gasteiger partial charge < -0.3 is 30.6 Å².